The fraction of sp³-hybridized carbons (Fsp3) is 0.133. The minimum Gasteiger partial charge on any atom is -0.289 e. The lowest BCUT2D eigenvalue weighted by molar-refractivity contribution is 0.808. The van der Waals surface area contributed by atoms with E-state index in [-0.39, 0.29) is 5.56 Å². The summed E-state index contributed by atoms with van der Waals surface area (Å²) in [7, 11) is 0. The lowest BCUT2D eigenvalue weighted by Gasteiger charge is -1.97. The van der Waals surface area contributed by atoms with Gasteiger partial charge in [-0.25, -0.2) is 4.98 Å². The Balaban J connectivity index is 2.06. The zero-order valence-electron chi connectivity index (χ0n) is 11.0. The molecule has 2 aromatic heterocycles. The van der Waals surface area contributed by atoms with Gasteiger partial charge in [-0.1, -0.05) is 35.9 Å². The van der Waals surface area contributed by atoms with Gasteiger partial charge in [-0.3, -0.25) is 9.78 Å². The van der Waals surface area contributed by atoms with Gasteiger partial charge in [0.2, 0.25) is 5.78 Å². The molecular formula is C15H11ClN4O. The summed E-state index contributed by atoms with van der Waals surface area (Å²) in [5.74, 6) is 0.454. The van der Waals surface area contributed by atoms with Crippen LogP contribution < -0.4 is 16.3 Å². The van der Waals surface area contributed by atoms with E-state index in [4.69, 9.17) is 11.6 Å². The molecule has 0 aliphatic heterocycles. The summed E-state index contributed by atoms with van der Waals surface area (Å²) in [6.45, 7) is 0. The van der Waals surface area contributed by atoms with Crippen LogP contribution in [0.25, 0.3) is 17.9 Å². The molecule has 1 aromatic carbocycles. The molecule has 6 heteroatoms. The van der Waals surface area contributed by atoms with Crippen LogP contribution in [0.5, 0.6) is 0 Å². The molecule has 0 saturated carbocycles. The topological polar surface area (TPSA) is 63.0 Å². The number of nitrogens with one attached hydrogen (secondary N) is 1. The number of aromatic nitrogens is 4. The second-order valence-electron chi connectivity index (χ2n) is 4.93. The fourth-order valence-electron chi connectivity index (χ4n) is 2.51. The first-order chi connectivity index (χ1) is 10.2. The normalized spacial score (nSPS) is 14.4. The van der Waals surface area contributed by atoms with Crippen molar-refractivity contribution >= 4 is 29.5 Å². The standard InChI is InChI=1S/C15H11ClN4O/c16-10-5-2-1-4-9(10)8-13-14(21)18-15-17-11-6-3-7-12(11)19-20(13)15/h1-2,4-6,8H,3,7H2,(H,17,18,21)/b13-8-. The van der Waals surface area contributed by atoms with Crippen LogP contribution in [0.1, 0.15) is 17.7 Å². The third-order valence-electron chi connectivity index (χ3n) is 3.55. The third-order valence-corrected chi connectivity index (χ3v) is 3.89. The zero-order chi connectivity index (χ0) is 14.4. The van der Waals surface area contributed by atoms with Gasteiger partial charge in [0.15, 0.2) is 0 Å². The highest BCUT2D eigenvalue weighted by atomic mass is 35.5. The van der Waals surface area contributed by atoms with Crippen molar-refractivity contribution < 1.29 is 0 Å². The monoisotopic (exact) mass is 298 g/mol. The molecule has 4 rings (SSSR count). The lowest BCUT2D eigenvalue weighted by atomic mass is 10.2. The van der Waals surface area contributed by atoms with Crippen LogP contribution in [0.15, 0.2) is 29.1 Å². The van der Waals surface area contributed by atoms with E-state index < -0.39 is 0 Å². The Morgan fingerprint density at radius 2 is 2.19 bits per heavy atom. The Morgan fingerprint density at radius 1 is 1.33 bits per heavy atom. The summed E-state index contributed by atoms with van der Waals surface area (Å²) in [4.78, 5) is 19.3. The molecule has 3 aromatic rings. The first kappa shape index (κ1) is 12.3. The van der Waals surface area contributed by atoms with Gasteiger partial charge < -0.3 is 0 Å². The van der Waals surface area contributed by atoms with E-state index in [0.29, 0.717) is 16.1 Å². The molecule has 2 heterocycles. The molecule has 0 atom stereocenters. The van der Waals surface area contributed by atoms with Crippen LogP contribution in [-0.4, -0.2) is 19.6 Å². The van der Waals surface area contributed by atoms with E-state index in [2.05, 4.69) is 15.1 Å². The average Bonchev–Trinajstić information content (AvgIpc) is 3.03. The molecule has 5 nitrogen and oxygen atoms in total. The SMILES string of the molecule is O=c1[nH]c2nc3c(nn2/c1=C\c1ccccc1Cl)CCC=3. The smallest absolute Gasteiger partial charge is 0.276 e. The Morgan fingerprint density at radius 3 is 3.05 bits per heavy atom. The maximum Gasteiger partial charge on any atom is 0.276 e. The number of imidazole rings is 1. The van der Waals surface area contributed by atoms with E-state index in [9.17, 15) is 4.79 Å². The predicted octanol–water partition coefficient (Wildman–Crippen LogP) is 0.627. The first-order valence-corrected chi connectivity index (χ1v) is 7.04. The van der Waals surface area contributed by atoms with E-state index in [1.165, 1.54) is 0 Å². The molecule has 0 bridgehead atoms. The van der Waals surface area contributed by atoms with Crippen LogP contribution in [0.2, 0.25) is 5.02 Å². The number of halogens is 1. The fourth-order valence-corrected chi connectivity index (χ4v) is 2.70. The molecule has 0 spiro atoms. The van der Waals surface area contributed by atoms with Gasteiger partial charge in [0.05, 0.1) is 11.0 Å². The van der Waals surface area contributed by atoms with Gasteiger partial charge in [-0.05, 0) is 30.5 Å². The van der Waals surface area contributed by atoms with Gasteiger partial charge in [-0.2, -0.15) is 9.61 Å². The van der Waals surface area contributed by atoms with E-state index in [0.717, 1.165) is 29.4 Å². The zero-order valence-corrected chi connectivity index (χ0v) is 11.8. The Bertz CT molecular complexity index is 1030. The molecule has 21 heavy (non-hydrogen) atoms. The average molecular weight is 299 g/mol. The number of H-pyrrole nitrogens is 1. The highest BCUT2D eigenvalue weighted by Crippen LogP contribution is 2.14. The molecule has 0 radical (unpaired) electrons. The van der Waals surface area contributed by atoms with Crippen LogP contribution >= 0.6 is 11.6 Å². The quantitative estimate of drug-likeness (QED) is 0.716. The molecule has 0 fully saturated rings. The molecule has 1 aliphatic rings. The minimum absolute atomic E-state index is 0.224. The maximum absolute atomic E-state index is 12.1. The Hall–Kier alpha value is -2.40. The van der Waals surface area contributed by atoms with Crippen molar-refractivity contribution in [3.05, 3.63) is 61.6 Å². The van der Waals surface area contributed by atoms with Gasteiger partial charge in [0.1, 0.15) is 5.35 Å². The van der Waals surface area contributed by atoms with Gasteiger partial charge in [0, 0.05) is 5.02 Å². The van der Waals surface area contributed by atoms with Crippen molar-refractivity contribution in [2.24, 2.45) is 0 Å². The number of aromatic amines is 1. The van der Waals surface area contributed by atoms with Crippen LogP contribution in [0, 0.1) is 0 Å². The van der Waals surface area contributed by atoms with Crippen molar-refractivity contribution in [2.45, 2.75) is 12.8 Å². The van der Waals surface area contributed by atoms with Crippen molar-refractivity contribution in [1.29, 1.82) is 0 Å². The number of nitrogens with zero attached hydrogens (tertiary/aromatic N) is 3. The second-order valence-corrected chi connectivity index (χ2v) is 5.33. The molecule has 1 N–H and O–H groups in total. The summed E-state index contributed by atoms with van der Waals surface area (Å²) in [5.41, 5.74) is 1.47. The lowest BCUT2D eigenvalue weighted by Crippen LogP contribution is -2.28. The highest BCUT2D eigenvalue weighted by molar-refractivity contribution is 6.32. The van der Waals surface area contributed by atoms with Crippen molar-refractivity contribution in [2.75, 3.05) is 0 Å². The summed E-state index contributed by atoms with van der Waals surface area (Å²) < 4.78 is 1.56. The molecule has 0 saturated heterocycles. The number of hydrogen-bond acceptors (Lipinski definition) is 3. The number of hydrogen-bond donors (Lipinski definition) is 1. The largest absolute Gasteiger partial charge is 0.289 e. The van der Waals surface area contributed by atoms with Gasteiger partial charge in [0.25, 0.3) is 5.56 Å². The molecule has 1 aliphatic carbocycles. The third kappa shape index (κ3) is 1.97. The second kappa shape index (κ2) is 4.56. The minimum atomic E-state index is -0.224. The molecular weight excluding hydrogens is 288 g/mol. The van der Waals surface area contributed by atoms with Crippen molar-refractivity contribution in [1.82, 2.24) is 19.6 Å². The summed E-state index contributed by atoms with van der Waals surface area (Å²) in [6, 6.07) is 7.37. The van der Waals surface area contributed by atoms with Crippen LogP contribution in [0.3, 0.4) is 0 Å². The Kier molecular flexibility index (Phi) is 2.68. The number of rotatable bonds is 1. The van der Waals surface area contributed by atoms with E-state index >= 15 is 0 Å². The van der Waals surface area contributed by atoms with E-state index in [1.807, 2.05) is 24.3 Å². The first-order valence-electron chi connectivity index (χ1n) is 6.67. The van der Waals surface area contributed by atoms with Crippen molar-refractivity contribution in [3.63, 3.8) is 0 Å². The molecule has 0 unspecified atom stereocenters. The molecule has 0 amide bonds. The molecule has 104 valence electrons. The van der Waals surface area contributed by atoms with Crippen molar-refractivity contribution in [3.8, 4) is 0 Å². The maximum atomic E-state index is 12.1. The summed E-state index contributed by atoms with van der Waals surface area (Å²) in [5, 5.41) is 6.40. The highest BCUT2D eigenvalue weighted by Gasteiger charge is 2.11. The van der Waals surface area contributed by atoms with E-state index in [1.54, 1.807) is 16.7 Å². The van der Waals surface area contributed by atoms with Gasteiger partial charge >= 0.3 is 0 Å². The number of benzene rings is 1. The van der Waals surface area contributed by atoms with Gasteiger partial charge in [-0.15, -0.1) is 0 Å². The predicted molar refractivity (Wildman–Crippen MR) is 80.7 cm³/mol. The Labute approximate surface area is 124 Å². The number of fused-ring (bicyclic) bond motifs is 2. The summed E-state index contributed by atoms with van der Waals surface area (Å²) in [6.07, 6.45) is 5.56. The van der Waals surface area contributed by atoms with Crippen LogP contribution in [0.4, 0.5) is 0 Å². The number of aryl methyl sites for hydroxylation is 1. The summed E-state index contributed by atoms with van der Waals surface area (Å²) >= 11 is 6.14. The van der Waals surface area contributed by atoms with Crippen LogP contribution in [-0.2, 0) is 6.42 Å².